The Labute approximate surface area is 69.5 Å². The molecule has 0 bridgehead atoms. The highest BCUT2D eigenvalue weighted by atomic mass is 16.1. The van der Waals surface area contributed by atoms with Gasteiger partial charge in [0.25, 0.3) is 0 Å². The van der Waals surface area contributed by atoms with E-state index >= 15 is 0 Å². The minimum absolute atomic E-state index is 0.0982. The first kappa shape index (κ1) is 10.4. The van der Waals surface area contributed by atoms with Crippen molar-refractivity contribution in [3.8, 4) is 0 Å². The van der Waals surface area contributed by atoms with Gasteiger partial charge in [-0.2, -0.15) is 0 Å². The Bertz CT molecular complexity index is 136. The van der Waals surface area contributed by atoms with Crippen LogP contribution < -0.4 is 0 Å². The highest BCUT2D eigenvalue weighted by Crippen LogP contribution is 2.04. The smallest absolute Gasteiger partial charge is 0.161 e. The molecule has 11 heavy (non-hydrogen) atoms. The molecule has 1 heteroatoms. The molecule has 63 valence electrons. The molecule has 0 saturated carbocycles. The Morgan fingerprint density at radius 1 is 1.45 bits per heavy atom. The zero-order valence-corrected chi connectivity index (χ0v) is 7.52. The molecule has 0 fully saturated rings. The Hall–Kier alpha value is -0.590. The lowest BCUT2D eigenvalue weighted by Gasteiger charge is -1.97. The van der Waals surface area contributed by atoms with Gasteiger partial charge >= 0.3 is 0 Å². The van der Waals surface area contributed by atoms with Gasteiger partial charge in [0, 0.05) is 6.42 Å². The van der Waals surface area contributed by atoms with Crippen molar-refractivity contribution in [1.82, 2.24) is 0 Å². The highest BCUT2D eigenvalue weighted by molar-refractivity contribution is 6.00. The standard InChI is InChI=1S/C10H17O/c1-4-5-6-7-8-10(11)9(2)3/h8H,2,4-7H2,1,3H3. The molecule has 0 spiro atoms. The fourth-order valence-electron chi connectivity index (χ4n) is 0.802. The van der Waals surface area contributed by atoms with Crippen LogP contribution in [-0.2, 0) is 4.79 Å². The van der Waals surface area contributed by atoms with E-state index in [1.54, 1.807) is 13.3 Å². The first-order chi connectivity index (χ1) is 5.18. The third-order valence-electron chi connectivity index (χ3n) is 1.56. The van der Waals surface area contributed by atoms with E-state index < -0.39 is 0 Å². The normalized spacial score (nSPS) is 9.64. The molecule has 0 atom stereocenters. The molecule has 0 aromatic carbocycles. The first-order valence-corrected chi connectivity index (χ1v) is 4.21. The van der Waals surface area contributed by atoms with E-state index in [4.69, 9.17) is 0 Å². The van der Waals surface area contributed by atoms with E-state index in [-0.39, 0.29) is 5.78 Å². The number of carbonyl (C=O) groups excluding carboxylic acids is 1. The van der Waals surface area contributed by atoms with Crippen LogP contribution >= 0.6 is 0 Å². The molecule has 0 saturated heterocycles. The summed E-state index contributed by atoms with van der Waals surface area (Å²) >= 11 is 0. The maximum absolute atomic E-state index is 11.0. The van der Waals surface area contributed by atoms with Crippen molar-refractivity contribution in [3.05, 3.63) is 18.6 Å². The van der Waals surface area contributed by atoms with E-state index in [0.717, 1.165) is 12.8 Å². The number of unbranched alkanes of at least 4 members (excludes halogenated alkanes) is 3. The molecule has 0 unspecified atom stereocenters. The predicted octanol–water partition coefficient (Wildman–Crippen LogP) is 2.92. The topological polar surface area (TPSA) is 17.1 Å². The monoisotopic (exact) mass is 153 g/mol. The van der Waals surface area contributed by atoms with Gasteiger partial charge in [0.15, 0.2) is 5.78 Å². The first-order valence-electron chi connectivity index (χ1n) is 4.21. The molecule has 0 N–H and O–H groups in total. The van der Waals surface area contributed by atoms with Crippen LogP contribution in [0.1, 0.15) is 39.5 Å². The lowest BCUT2D eigenvalue weighted by Crippen LogP contribution is -1.98. The number of hydrogen-bond donors (Lipinski definition) is 0. The van der Waals surface area contributed by atoms with Crippen LogP contribution in [0.5, 0.6) is 0 Å². The van der Waals surface area contributed by atoms with E-state index in [2.05, 4.69) is 13.5 Å². The predicted molar refractivity (Wildman–Crippen MR) is 48.3 cm³/mol. The fraction of sp³-hybridized carbons (Fsp3) is 0.600. The van der Waals surface area contributed by atoms with Crippen LogP contribution in [-0.4, -0.2) is 5.78 Å². The van der Waals surface area contributed by atoms with Crippen molar-refractivity contribution in [2.24, 2.45) is 0 Å². The summed E-state index contributed by atoms with van der Waals surface area (Å²) in [6.07, 6.45) is 6.17. The quantitative estimate of drug-likeness (QED) is 0.423. The second-order valence-electron chi connectivity index (χ2n) is 2.84. The van der Waals surface area contributed by atoms with Crippen molar-refractivity contribution in [3.63, 3.8) is 0 Å². The number of carbonyl (C=O) groups is 1. The van der Waals surface area contributed by atoms with Gasteiger partial charge in [0.1, 0.15) is 0 Å². The van der Waals surface area contributed by atoms with Gasteiger partial charge in [0.2, 0.25) is 0 Å². The molecule has 0 rings (SSSR count). The molecular weight excluding hydrogens is 136 g/mol. The summed E-state index contributed by atoms with van der Waals surface area (Å²) in [6, 6.07) is 0. The van der Waals surface area contributed by atoms with Crippen molar-refractivity contribution >= 4 is 5.78 Å². The molecular formula is C10H17O. The average molecular weight is 153 g/mol. The summed E-state index contributed by atoms with van der Waals surface area (Å²) in [4.78, 5) is 11.0. The number of ketones is 1. The van der Waals surface area contributed by atoms with Crippen LogP contribution in [0.4, 0.5) is 0 Å². The molecule has 0 aromatic rings. The second-order valence-corrected chi connectivity index (χ2v) is 2.84. The molecule has 1 radical (unpaired) electrons. The summed E-state index contributed by atoms with van der Waals surface area (Å²) < 4.78 is 0. The number of allylic oxidation sites excluding steroid dienone is 1. The lowest BCUT2D eigenvalue weighted by atomic mass is 10.1. The fourth-order valence-corrected chi connectivity index (χ4v) is 0.802. The Balaban J connectivity index is 3.25. The zero-order chi connectivity index (χ0) is 8.69. The van der Waals surface area contributed by atoms with Crippen molar-refractivity contribution in [1.29, 1.82) is 0 Å². The maximum Gasteiger partial charge on any atom is 0.161 e. The molecule has 0 aromatic heterocycles. The van der Waals surface area contributed by atoms with E-state index in [9.17, 15) is 4.79 Å². The zero-order valence-electron chi connectivity index (χ0n) is 7.52. The van der Waals surface area contributed by atoms with E-state index in [1.165, 1.54) is 12.8 Å². The van der Waals surface area contributed by atoms with Gasteiger partial charge < -0.3 is 0 Å². The molecule has 0 aliphatic rings. The minimum Gasteiger partial charge on any atom is -0.294 e. The van der Waals surface area contributed by atoms with Gasteiger partial charge in [-0.05, 0) is 18.9 Å². The van der Waals surface area contributed by atoms with Crippen molar-refractivity contribution in [2.45, 2.75) is 39.5 Å². The molecule has 0 amide bonds. The SMILES string of the molecule is C=C(C)C(=O)[CH]CCCCC. The van der Waals surface area contributed by atoms with E-state index in [1.807, 2.05) is 0 Å². The largest absolute Gasteiger partial charge is 0.294 e. The highest BCUT2D eigenvalue weighted by Gasteiger charge is 2.00. The van der Waals surface area contributed by atoms with Gasteiger partial charge in [-0.3, -0.25) is 4.79 Å². The second kappa shape index (κ2) is 6.14. The molecule has 0 heterocycles. The number of Topliss-reactive ketones (excluding diaryl/α,β-unsaturated/α-hetero) is 1. The van der Waals surface area contributed by atoms with Crippen molar-refractivity contribution < 1.29 is 4.79 Å². The Kier molecular flexibility index (Phi) is 5.81. The van der Waals surface area contributed by atoms with Gasteiger partial charge in [-0.25, -0.2) is 0 Å². The lowest BCUT2D eigenvalue weighted by molar-refractivity contribution is -0.112. The minimum atomic E-state index is 0.0982. The molecule has 0 aliphatic carbocycles. The Morgan fingerprint density at radius 3 is 2.55 bits per heavy atom. The third-order valence-corrected chi connectivity index (χ3v) is 1.56. The maximum atomic E-state index is 11.0. The van der Waals surface area contributed by atoms with E-state index in [0.29, 0.717) is 5.57 Å². The summed E-state index contributed by atoms with van der Waals surface area (Å²) in [5, 5.41) is 0. The summed E-state index contributed by atoms with van der Waals surface area (Å²) in [5.74, 6) is 0.0982. The van der Waals surface area contributed by atoms with Gasteiger partial charge in [0.05, 0.1) is 0 Å². The van der Waals surface area contributed by atoms with Crippen molar-refractivity contribution in [2.75, 3.05) is 0 Å². The Morgan fingerprint density at radius 2 is 2.09 bits per heavy atom. The summed E-state index contributed by atoms with van der Waals surface area (Å²) in [6.45, 7) is 7.48. The third kappa shape index (κ3) is 5.84. The summed E-state index contributed by atoms with van der Waals surface area (Å²) in [7, 11) is 0. The van der Waals surface area contributed by atoms with Gasteiger partial charge in [-0.1, -0.05) is 32.8 Å². The van der Waals surface area contributed by atoms with Crippen LogP contribution in [0.3, 0.4) is 0 Å². The van der Waals surface area contributed by atoms with Crippen LogP contribution in [0, 0.1) is 6.42 Å². The van der Waals surface area contributed by atoms with Crippen LogP contribution in [0.15, 0.2) is 12.2 Å². The van der Waals surface area contributed by atoms with Crippen LogP contribution in [0.2, 0.25) is 0 Å². The average Bonchev–Trinajstić information content (AvgIpc) is 1.97. The number of hydrogen-bond acceptors (Lipinski definition) is 1. The molecule has 0 aliphatic heterocycles. The number of rotatable bonds is 6. The van der Waals surface area contributed by atoms with Crippen LogP contribution in [0.25, 0.3) is 0 Å². The molecule has 1 nitrogen and oxygen atoms in total. The van der Waals surface area contributed by atoms with Gasteiger partial charge in [-0.15, -0.1) is 0 Å². The summed E-state index contributed by atoms with van der Waals surface area (Å²) in [5.41, 5.74) is 0.640.